The lowest BCUT2D eigenvalue weighted by molar-refractivity contribution is 0.170. The number of aromatic hydroxyl groups is 1. The molecule has 3 heteroatoms. The summed E-state index contributed by atoms with van der Waals surface area (Å²) in [5, 5.41) is 19.8. The van der Waals surface area contributed by atoms with Crippen molar-refractivity contribution >= 4 is 0 Å². The monoisotopic (exact) mass is 355 g/mol. The van der Waals surface area contributed by atoms with Gasteiger partial charge in [-0.25, -0.2) is 0 Å². The van der Waals surface area contributed by atoms with Crippen molar-refractivity contribution in [3.63, 3.8) is 0 Å². The average Bonchev–Trinajstić information content (AvgIpc) is 2.61. The smallest absolute Gasteiger partial charge is 0.119 e. The molecule has 0 fully saturated rings. The molecule has 0 aliphatic rings. The fourth-order valence-electron chi connectivity index (χ4n) is 3.75. The second-order valence-electron chi connectivity index (χ2n) is 7.54. The first-order valence-corrected chi connectivity index (χ1v) is 9.67. The maximum Gasteiger partial charge on any atom is 0.119 e. The molecule has 0 spiro atoms. The van der Waals surface area contributed by atoms with Crippen LogP contribution in [0.1, 0.15) is 56.7 Å². The van der Waals surface area contributed by atoms with Crippen molar-refractivity contribution in [1.82, 2.24) is 4.90 Å². The van der Waals surface area contributed by atoms with E-state index in [4.69, 9.17) is 0 Å². The summed E-state index contributed by atoms with van der Waals surface area (Å²) in [4.78, 5) is 2.49. The highest BCUT2D eigenvalue weighted by atomic mass is 16.3. The Morgan fingerprint density at radius 2 is 1.58 bits per heavy atom. The minimum Gasteiger partial charge on any atom is -0.508 e. The molecular formula is C23H33NO2. The van der Waals surface area contributed by atoms with Gasteiger partial charge in [-0.05, 0) is 64.3 Å². The van der Waals surface area contributed by atoms with E-state index in [1.54, 1.807) is 6.07 Å². The van der Waals surface area contributed by atoms with Crippen molar-refractivity contribution in [3.05, 3.63) is 65.2 Å². The number of aliphatic hydroxyl groups is 1. The molecule has 142 valence electrons. The quantitative estimate of drug-likeness (QED) is 0.692. The highest BCUT2D eigenvalue weighted by Crippen LogP contribution is 2.35. The van der Waals surface area contributed by atoms with Crippen LogP contribution in [0.3, 0.4) is 0 Å². The van der Waals surface area contributed by atoms with Crippen molar-refractivity contribution in [2.45, 2.75) is 58.5 Å². The molecule has 0 bridgehead atoms. The summed E-state index contributed by atoms with van der Waals surface area (Å²) in [6.07, 6.45) is 1.55. The Labute approximate surface area is 158 Å². The second kappa shape index (κ2) is 9.75. The van der Waals surface area contributed by atoms with Crippen molar-refractivity contribution in [1.29, 1.82) is 0 Å². The Hall–Kier alpha value is -1.84. The first-order chi connectivity index (χ1) is 12.4. The fraction of sp³-hybridized carbons (Fsp3) is 0.478. The van der Waals surface area contributed by atoms with E-state index in [-0.39, 0.29) is 12.5 Å². The molecule has 3 nitrogen and oxygen atoms in total. The summed E-state index contributed by atoms with van der Waals surface area (Å²) in [5.74, 6) is 0.469. The van der Waals surface area contributed by atoms with Crippen LogP contribution in [0.15, 0.2) is 48.5 Å². The van der Waals surface area contributed by atoms with Crippen LogP contribution in [0, 0.1) is 0 Å². The number of nitrogens with zero attached hydrogens (tertiary/aromatic N) is 1. The fourth-order valence-corrected chi connectivity index (χ4v) is 3.75. The minimum atomic E-state index is 0.120. The lowest BCUT2D eigenvalue weighted by Crippen LogP contribution is -2.38. The Morgan fingerprint density at radius 3 is 2.15 bits per heavy atom. The Morgan fingerprint density at radius 1 is 0.923 bits per heavy atom. The van der Waals surface area contributed by atoms with Gasteiger partial charge in [0.2, 0.25) is 0 Å². The van der Waals surface area contributed by atoms with Crippen LogP contribution in [0.25, 0.3) is 0 Å². The summed E-state index contributed by atoms with van der Waals surface area (Å²) in [6.45, 7) is 10.0. The van der Waals surface area contributed by atoms with Gasteiger partial charge in [-0.1, -0.05) is 42.5 Å². The summed E-state index contributed by atoms with van der Waals surface area (Å²) < 4.78 is 0. The van der Waals surface area contributed by atoms with E-state index in [0.717, 1.165) is 24.1 Å². The van der Waals surface area contributed by atoms with Gasteiger partial charge in [-0.2, -0.15) is 0 Å². The van der Waals surface area contributed by atoms with Crippen molar-refractivity contribution < 1.29 is 10.2 Å². The summed E-state index contributed by atoms with van der Waals surface area (Å²) in [7, 11) is 0. The number of hydrogen-bond donors (Lipinski definition) is 2. The van der Waals surface area contributed by atoms with Gasteiger partial charge in [-0.3, -0.25) is 4.90 Å². The van der Waals surface area contributed by atoms with Crippen LogP contribution < -0.4 is 0 Å². The third kappa shape index (κ3) is 5.33. The first kappa shape index (κ1) is 20.5. The number of phenolic OH excluding ortho intramolecular Hbond substituents is 1. The highest BCUT2D eigenvalue weighted by molar-refractivity contribution is 5.43. The SMILES string of the molecule is CC(C)N(CCC(c1ccccc1)c1cc(CCO)ccc1O)C(C)C. The topological polar surface area (TPSA) is 43.7 Å². The number of phenols is 1. The highest BCUT2D eigenvalue weighted by Gasteiger charge is 2.21. The molecule has 0 heterocycles. The molecule has 0 amide bonds. The van der Waals surface area contributed by atoms with E-state index in [0.29, 0.717) is 24.3 Å². The second-order valence-corrected chi connectivity index (χ2v) is 7.54. The van der Waals surface area contributed by atoms with E-state index in [9.17, 15) is 10.2 Å². The van der Waals surface area contributed by atoms with Crippen LogP contribution in [0.5, 0.6) is 5.75 Å². The zero-order valence-corrected chi connectivity index (χ0v) is 16.5. The first-order valence-electron chi connectivity index (χ1n) is 9.67. The van der Waals surface area contributed by atoms with Gasteiger partial charge in [0.1, 0.15) is 5.75 Å². The van der Waals surface area contributed by atoms with Crippen molar-refractivity contribution in [2.24, 2.45) is 0 Å². The number of rotatable bonds is 9. The zero-order chi connectivity index (χ0) is 19.1. The van der Waals surface area contributed by atoms with Crippen molar-refractivity contribution in [3.8, 4) is 5.75 Å². The molecule has 0 aliphatic carbocycles. The molecule has 2 rings (SSSR count). The van der Waals surface area contributed by atoms with Gasteiger partial charge >= 0.3 is 0 Å². The van der Waals surface area contributed by atoms with E-state index in [1.165, 1.54) is 5.56 Å². The third-order valence-electron chi connectivity index (χ3n) is 5.07. The lowest BCUT2D eigenvalue weighted by atomic mass is 9.86. The predicted molar refractivity (Wildman–Crippen MR) is 109 cm³/mol. The molecule has 1 atom stereocenters. The number of aliphatic hydroxyl groups excluding tert-OH is 1. The standard InChI is InChI=1S/C23H33NO2/c1-17(2)24(18(3)4)14-12-21(20-8-6-5-7-9-20)22-16-19(13-15-25)10-11-23(22)26/h5-11,16-18,21,25-26H,12-15H2,1-4H3. The molecule has 0 saturated carbocycles. The van der Waals surface area contributed by atoms with Crippen LogP contribution in [-0.4, -0.2) is 40.3 Å². The van der Waals surface area contributed by atoms with Crippen LogP contribution in [-0.2, 0) is 6.42 Å². The van der Waals surface area contributed by atoms with Crippen LogP contribution in [0.4, 0.5) is 0 Å². The number of benzene rings is 2. The maximum absolute atomic E-state index is 10.5. The molecular weight excluding hydrogens is 322 g/mol. The Bertz CT molecular complexity index is 659. The summed E-state index contributed by atoms with van der Waals surface area (Å²) in [6, 6.07) is 17.1. The summed E-state index contributed by atoms with van der Waals surface area (Å²) in [5.41, 5.74) is 3.23. The molecule has 0 aromatic heterocycles. The van der Waals surface area contributed by atoms with Crippen LogP contribution in [0.2, 0.25) is 0 Å². The van der Waals surface area contributed by atoms with Gasteiger partial charge in [0.25, 0.3) is 0 Å². The molecule has 26 heavy (non-hydrogen) atoms. The average molecular weight is 356 g/mol. The lowest BCUT2D eigenvalue weighted by Gasteiger charge is -2.32. The molecule has 0 aliphatic heterocycles. The van der Waals surface area contributed by atoms with E-state index < -0.39 is 0 Å². The maximum atomic E-state index is 10.5. The van der Waals surface area contributed by atoms with E-state index >= 15 is 0 Å². The largest absolute Gasteiger partial charge is 0.508 e. The summed E-state index contributed by atoms with van der Waals surface area (Å²) >= 11 is 0. The minimum absolute atomic E-state index is 0.120. The molecule has 1 unspecified atom stereocenters. The third-order valence-corrected chi connectivity index (χ3v) is 5.07. The molecule has 2 aromatic rings. The van der Waals surface area contributed by atoms with E-state index in [2.05, 4.69) is 62.9 Å². The van der Waals surface area contributed by atoms with Gasteiger partial charge in [0.15, 0.2) is 0 Å². The van der Waals surface area contributed by atoms with Crippen LogP contribution >= 0.6 is 0 Å². The molecule has 2 N–H and O–H groups in total. The van der Waals surface area contributed by atoms with Gasteiger partial charge in [-0.15, -0.1) is 0 Å². The normalized spacial score (nSPS) is 12.9. The van der Waals surface area contributed by atoms with Gasteiger partial charge < -0.3 is 10.2 Å². The molecule has 0 saturated heterocycles. The molecule has 0 radical (unpaired) electrons. The van der Waals surface area contributed by atoms with Crippen molar-refractivity contribution in [2.75, 3.05) is 13.2 Å². The van der Waals surface area contributed by atoms with Gasteiger partial charge in [0.05, 0.1) is 0 Å². The predicted octanol–water partition coefficient (Wildman–Crippen LogP) is 4.57. The van der Waals surface area contributed by atoms with E-state index in [1.807, 2.05) is 12.1 Å². The van der Waals surface area contributed by atoms with Gasteiger partial charge in [0, 0.05) is 30.2 Å². The number of hydrogen-bond acceptors (Lipinski definition) is 3. The molecule has 2 aromatic carbocycles. The Kier molecular flexibility index (Phi) is 7.67. The Balaban J connectivity index is 2.35. The zero-order valence-electron chi connectivity index (χ0n) is 16.5.